The smallest absolute Gasteiger partial charge is 0.405 e. The number of hydrogen-bond donors (Lipinski definition) is 1. The maximum atomic E-state index is 12.4. The first-order valence-electron chi connectivity index (χ1n) is 9.71. The predicted molar refractivity (Wildman–Crippen MR) is 111 cm³/mol. The molecule has 0 bridgehead atoms. The summed E-state index contributed by atoms with van der Waals surface area (Å²) in [7, 11) is 3.14. The molecule has 0 atom stereocenters. The van der Waals surface area contributed by atoms with Crippen LogP contribution in [0.25, 0.3) is 16.9 Å². The van der Waals surface area contributed by atoms with E-state index >= 15 is 0 Å². The number of rotatable bonds is 7. The molecule has 0 aliphatic carbocycles. The van der Waals surface area contributed by atoms with Crippen LogP contribution in [-0.4, -0.2) is 49.9 Å². The molecule has 4 aromatic heterocycles. The number of fused-ring (bicyclic) bond motifs is 1. The molecule has 0 aliphatic rings. The van der Waals surface area contributed by atoms with Gasteiger partial charge < -0.3 is 14.8 Å². The number of alkyl halides is 3. The minimum absolute atomic E-state index is 0.0401. The van der Waals surface area contributed by atoms with Crippen molar-refractivity contribution in [3.63, 3.8) is 0 Å². The van der Waals surface area contributed by atoms with E-state index in [0.717, 1.165) is 5.69 Å². The second-order valence-corrected chi connectivity index (χ2v) is 7.04. The molecule has 0 spiro atoms. The molecule has 0 radical (unpaired) electrons. The lowest BCUT2D eigenvalue weighted by Gasteiger charge is -2.12. The molecular formula is C21H19F3N6O3. The average Bonchev–Trinajstić information content (AvgIpc) is 3.40. The Morgan fingerprint density at radius 2 is 2.00 bits per heavy atom. The molecule has 0 aliphatic heterocycles. The van der Waals surface area contributed by atoms with Gasteiger partial charge in [0.25, 0.3) is 5.91 Å². The fourth-order valence-corrected chi connectivity index (χ4v) is 3.14. The fourth-order valence-electron chi connectivity index (χ4n) is 3.14. The Bertz CT molecular complexity index is 1300. The molecule has 0 saturated carbocycles. The van der Waals surface area contributed by atoms with Crippen molar-refractivity contribution in [1.82, 2.24) is 29.5 Å². The van der Waals surface area contributed by atoms with Gasteiger partial charge in [0.2, 0.25) is 0 Å². The molecular weight excluding hydrogens is 441 g/mol. The number of aryl methyl sites for hydroxylation is 1. The van der Waals surface area contributed by atoms with Gasteiger partial charge in [-0.2, -0.15) is 18.3 Å². The monoisotopic (exact) mass is 460 g/mol. The van der Waals surface area contributed by atoms with Crippen molar-refractivity contribution in [2.45, 2.75) is 12.8 Å². The topological polar surface area (TPSA) is 95.6 Å². The van der Waals surface area contributed by atoms with E-state index in [9.17, 15) is 18.0 Å². The Morgan fingerprint density at radius 3 is 2.70 bits per heavy atom. The molecule has 0 unspecified atom stereocenters. The average molecular weight is 460 g/mol. The number of ether oxygens (including phenoxy) is 2. The largest absolute Gasteiger partial charge is 0.494 e. The molecule has 12 heteroatoms. The van der Waals surface area contributed by atoms with Crippen LogP contribution >= 0.6 is 0 Å². The summed E-state index contributed by atoms with van der Waals surface area (Å²) in [5.74, 6) is -0.324. The van der Waals surface area contributed by atoms with E-state index in [1.165, 1.54) is 19.4 Å². The van der Waals surface area contributed by atoms with Crippen LogP contribution in [0.15, 0.2) is 49.1 Å². The highest BCUT2D eigenvalue weighted by molar-refractivity contribution is 5.95. The molecule has 4 aromatic rings. The van der Waals surface area contributed by atoms with E-state index in [1.807, 2.05) is 13.1 Å². The van der Waals surface area contributed by atoms with Crippen LogP contribution in [-0.2, 0) is 13.7 Å². The summed E-state index contributed by atoms with van der Waals surface area (Å²) in [6.45, 7) is -1.12. The first kappa shape index (κ1) is 22.1. The van der Waals surface area contributed by atoms with Crippen molar-refractivity contribution in [1.29, 1.82) is 0 Å². The number of nitrogens with zero attached hydrogens (tertiary/aromatic N) is 5. The second kappa shape index (κ2) is 8.81. The highest BCUT2D eigenvalue weighted by Crippen LogP contribution is 2.28. The predicted octanol–water partition coefficient (Wildman–Crippen LogP) is 3.01. The zero-order valence-corrected chi connectivity index (χ0v) is 17.6. The summed E-state index contributed by atoms with van der Waals surface area (Å²) in [4.78, 5) is 20.5. The highest BCUT2D eigenvalue weighted by Gasteiger charge is 2.29. The van der Waals surface area contributed by atoms with Crippen molar-refractivity contribution in [2.24, 2.45) is 7.05 Å². The summed E-state index contributed by atoms with van der Waals surface area (Å²) in [5, 5.41) is 5.88. The molecule has 33 heavy (non-hydrogen) atoms. The molecule has 1 N–H and O–H groups in total. The third kappa shape index (κ3) is 4.89. The standard InChI is InChI=1S/C21H19F3N6O3/c1-29-14(3-5-28-29)11-33-15-4-6-30-16(10-25-18(30)8-15)13-7-17(32-2)19(26-9-13)20(31)27-12-21(22,23)24/h3-10H,11-12H2,1-2H3,(H,27,31). The highest BCUT2D eigenvalue weighted by atomic mass is 19.4. The van der Waals surface area contributed by atoms with Gasteiger partial charge in [0, 0.05) is 37.3 Å². The van der Waals surface area contributed by atoms with Crippen LogP contribution < -0.4 is 14.8 Å². The first-order valence-corrected chi connectivity index (χ1v) is 9.71. The van der Waals surface area contributed by atoms with Crippen molar-refractivity contribution in [3.05, 3.63) is 60.4 Å². The van der Waals surface area contributed by atoms with Gasteiger partial charge in [-0.3, -0.25) is 13.9 Å². The minimum atomic E-state index is -4.53. The van der Waals surface area contributed by atoms with Crippen LogP contribution in [0.3, 0.4) is 0 Å². The molecule has 4 heterocycles. The van der Waals surface area contributed by atoms with E-state index in [1.54, 1.807) is 45.1 Å². The van der Waals surface area contributed by atoms with Crippen LogP contribution in [0.5, 0.6) is 11.5 Å². The van der Waals surface area contributed by atoms with Gasteiger partial charge in [0.15, 0.2) is 11.4 Å². The molecule has 1 amide bonds. The molecule has 0 aromatic carbocycles. The Morgan fingerprint density at radius 1 is 1.18 bits per heavy atom. The van der Waals surface area contributed by atoms with Gasteiger partial charge in [-0.05, 0) is 18.2 Å². The maximum absolute atomic E-state index is 12.4. The molecule has 0 saturated heterocycles. The molecule has 0 fully saturated rings. The number of hydrogen-bond acceptors (Lipinski definition) is 6. The van der Waals surface area contributed by atoms with Crippen molar-refractivity contribution < 1.29 is 27.4 Å². The van der Waals surface area contributed by atoms with Crippen LogP contribution in [0.1, 0.15) is 16.2 Å². The lowest BCUT2D eigenvalue weighted by Crippen LogP contribution is -2.34. The number of nitrogens with one attached hydrogen (secondary N) is 1. The van der Waals surface area contributed by atoms with Crippen LogP contribution in [0.2, 0.25) is 0 Å². The summed E-state index contributed by atoms with van der Waals surface area (Å²) >= 11 is 0. The molecule has 9 nitrogen and oxygen atoms in total. The Hall–Kier alpha value is -4.09. The van der Waals surface area contributed by atoms with Crippen molar-refractivity contribution in [3.8, 4) is 22.8 Å². The normalized spacial score (nSPS) is 11.5. The molecule has 172 valence electrons. The lowest BCUT2D eigenvalue weighted by molar-refractivity contribution is -0.123. The van der Waals surface area contributed by atoms with Gasteiger partial charge in [-0.1, -0.05) is 0 Å². The van der Waals surface area contributed by atoms with Crippen molar-refractivity contribution in [2.75, 3.05) is 13.7 Å². The van der Waals surface area contributed by atoms with Crippen molar-refractivity contribution >= 4 is 11.6 Å². The number of aromatic nitrogens is 5. The molecule has 4 rings (SSSR count). The summed E-state index contributed by atoms with van der Waals surface area (Å²) in [6, 6.07) is 6.92. The third-order valence-corrected chi connectivity index (χ3v) is 4.83. The lowest BCUT2D eigenvalue weighted by atomic mass is 10.2. The SMILES string of the molecule is COc1cc(-c2cnc3cc(OCc4ccnn4C)ccn23)cnc1C(=O)NCC(F)(F)F. The fraction of sp³-hybridized carbons (Fsp3) is 0.238. The van der Waals surface area contributed by atoms with E-state index in [2.05, 4.69) is 15.1 Å². The van der Waals surface area contributed by atoms with Gasteiger partial charge >= 0.3 is 6.18 Å². The summed E-state index contributed by atoms with van der Waals surface area (Å²) in [5.41, 5.74) is 2.49. The number of imidazole rings is 1. The number of methoxy groups -OCH3 is 1. The van der Waals surface area contributed by atoms with Crippen LogP contribution in [0, 0.1) is 0 Å². The zero-order valence-electron chi connectivity index (χ0n) is 17.6. The van der Waals surface area contributed by atoms with Crippen LogP contribution in [0.4, 0.5) is 13.2 Å². The second-order valence-electron chi connectivity index (χ2n) is 7.04. The van der Waals surface area contributed by atoms with E-state index in [0.29, 0.717) is 29.3 Å². The van der Waals surface area contributed by atoms with Gasteiger partial charge in [0.05, 0.1) is 24.7 Å². The van der Waals surface area contributed by atoms with E-state index in [-0.39, 0.29) is 11.4 Å². The quantitative estimate of drug-likeness (QED) is 0.456. The number of carbonyl (C=O) groups excluding carboxylic acids is 1. The summed E-state index contributed by atoms with van der Waals surface area (Å²) < 4.78 is 51.7. The summed E-state index contributed by atoms with van der Waals surface area (Å²) in [6.07, 6.45) is 1.92. The number of pyridine rings is 2. The number of halogens is 3. The Balaban J connectivity index is 1.55. The number of carbonyl (C=O) groups is 1. The van der Waals surface area contributed by atoms with Gasteiger partial charge in [-0.15, -0.1) is 0 Å². The maximum Gasteiger partial charge on any atom is 0.405 e. The Kier molecular flexibility index (Phi) is 5.90. The number of amides is 1. The first-order chi connectivity index (χ1) is 15.7. The van der Waals surface area contributed by atoms with E-state index in [4.69, 9.17) is 9.47 Å². The van der Waals surface area contributed by atoms with Gasteiger partial charge in [0.1, 0.15) is 24.5 Å². The van der Waals surface area contributed by atoms with Gasteiger partial charge in [-0.25, -0.2) is 9.97 Å². The minimum Gasteiger partial charge on any atom is -0.494 e. The zero-order chi connectivity index (χ0) is 23.6. The Labute approximate surface area is 185 Å². The third-order valence-electron chi connectivity index (χ3n) is 4.83. The van der Waals surface area contributed by atoms with E-state index < -0.39 is 18.6 Å².